The zero-order chi connectivity index (χ0) is 12.0. The van der Waals surface area contributed by atoms with Crippen molar-refractivity contribution in [3.8, 4) is 0 Å². The average Bonchev–Trinajstić information content (AvgIpc) is 2.22. The first-order valence-electron chi connectivity index (χ1n) is 4.81. The molecule has 0 saturated heterocycles. The van der Waals surface area contributed by atoms with Crippen molar-refractivity contribution in [2.45, 2.75) is 40.2 Å². The van der Waals surface area contributed by atoms with Crippen LogP contribution in [0.1, 0.15) is 32.2 Å². The van der Waals surface area contributed by atoms with Crippen LogP contribution in [0.5, 0.6) is 0 Å². The fraction of sp³-hybridized carbons (Fsp3) is 0.667. The molecule has 0 aliphatic rings. The summed E-state index contributed by atoms with van der Waals surface area (Å²) in [5, 5.41) is 3.96. The van der Waals surface area contributed by atoms with Crippen molar-refractivity contribution in [3.05, 3.63) is 11.4 Å². The summed E-state index contributed by atoms with van der Waals surface area (Å²) in [7, 11) is 0. The molecule has 0 saturated carbocycles. The van der Waals surface area contributed by atoms with Crippen molar-refractivity contribution in [1.82, 2.24) is 9.78 Å². The first kappa shape index (κ1) is 16.7. The number of nitrogens with zero attached hydrogens (tertiary/aromatic N) is 2. The fourth-order valence-electron chi connectivity index (χ4n) is 1.78. The molecule has 0 radical (unpaired) electrons. The standard InChI is InChI=1S/C9H15BF3N2.K/c1-6-8(10(11,12)13)7(2)15(14-6)9(3,4)5;/h1-5H3;/q-1;+1. The van der Waals surface area contributed by atoms with Gasteiger partial charge in [-0.05, 0) is 34.6 Å². The molecule has 1 rings (SSSR count). The Morgan fingerprint density at radius 3 is 1.75 bits per heavy atom. The van der Waals surface area contributed by atoms with E-state index in [1.54, 1.807) is 0 Å². The Morgan fingerprint density at radius 1 is 1.12 bits per heavy atom. The molecule has 0 unspecified atom stereocenters. The predicted octanol–water partition coefficient (Wildman–Crippen LogP) is -0.687. The normalized spacial score (nSPS) is 12.5. The number of aromatic nitrogens is 2. The van der Waals surface area contributed by atoms with Gasteiger partial charge in [-0.25, -0.2) is 0 Å². The Labute approximate surface area is 136 Å². The van der Waals surface area contributed by atoms with E-state index >= 15 is 0 Å². The summed E-state index contributed by atoms with van der Waals surface area (Å²) in [6, 6.07) is 0. The Balaban J connectivity index is 0.00000225. The molecule has 7 heteroatoms. The Bertz CT molecular complexity index is 379. The molecule has 16 heavy (non-hydrogen) atoms. The summed E-state index contributed by atoms with van der Waals surface area (Å²) in [4.78, 5) is 0. The molecular weight excluding hydrogens is 243 g/mol. The van der Waals surface area contributed by atoms with Crippen LogP contribution in [0.2, 0.25) is 0 Å². The van der Waals surface area contributed by atoms with Gasteiger partial charge >= 0.3 is 58.4 Å². The van der Waals surface area contributed by atoms with Crippen LogP contribution in [-0.4, -0.2) is 16.8 Å². The van der Waals surface area contributed by atoms with Gasteiger partial charge in [-0.15, -0.1) is 0 Å². The van der Waals surface area contributed by atoms with Gasteiger partial charge in [0, 0.05) is 11.4 Å². The molecule has 0 aliphatic carbocycles. The summed E-state index contributed by atoms with van der Waals surface area (Å²) in [6.07, 6.45) is 0. The van der Waals surface area contributed by atoms with Gasteiger partial charge in [-0.1, -0.05) is 5.46 Å². The largest absolute Gasteiger partial charge is 1.00 e. The van der Waals surface area contributed by atoms with E-state index in [0.29, 0.717) is 0 Å². The van der Waals surface area contributed by atoms with Gasteiger partial charge < -0.3 is 12.9 Å². The van der Waals surface area contributed by atoms with E-state index in [1.165, 1.54) is 18.5 Å². The van der Waals surface area contributed by atoms with Crippen LogP contribution in [0.3, 0.4) is 0 Å². The van der Waals surface area contributed by atoms with Crippen LogP contribution in [0.15, 0.2) is 0 Å². The topological polar surface area (TPSA) is 17.8 Å². The maximum absolute atomic E-state index is 12.7. The molecule has 1 aromatic rings. The molecule has 0 spiro atoms. The molecule has 0 bridgehead atoms. The SMILES string of the molecule is Cc1nn(C(C)(C)C)c(C)c1[B-](F)(F)F.[K+]. The molecule has 86 valence electrons. The minimum atomic E-state index is -4.97. The predicted molar refractivity (Wildman–Crippen MR) is 55.4 cm³/mol. The molecule has 0 amide bonds. The second kappa shape index (κ2) is 5.14. The number of halogens is 3. The van der Waals surface area contributed by atoms with E-state index in [-0.39, 0.29) is 62.8 Å². The number of rotatable bonds is 1. The van der Waals surface area contributed by atoms with Crippen LogP contribution < -0.4 is 56.8 Å². The van der Waals surface area contributed by atoms with E-state index in [2.05, 4.69) is 5.10 Å². The van der Waals surface area contributed by atoms with Gasteiger partial charge in [0.25, 0.3) is 0 Å². The number of hydrogen-bond acceptors (Lipinski definition) is 1. The Hall–Kier alpha value is 0.701. The average molecular weight is 258 g/mol. The second-order valence-electron chi connectivity index (χ2n) is 4.74. The molecule has 0 N–H and O–H groups in total. The third kappa shape index (κ3) is 3.35. The fourth-order valence-corrected chi connectivity index (χ4v) is 1.78. The van der Waals surface area contributed by atoms with Gasteiger partial charge in [0.15, 0.2) is 0 Å². The number of aryl methyl sites for hydroxylation is 1. The van der Waals surface area contributed by atoms with Crippen LogP contribution in [0.25, 0.3) is 0 Å². The van der Waals surface area contributed by atoms with E-state index in [1.807, 2.05) is 20.8 Å². The molecule has 1 heterocycles. The smallest absolute Gasteiger partial charge is 0.445 e. The first-order valence-corrected chi connectivity index (χ1v) is 4.81. The second-order valence-corrected chi connectivity index (χ2v) is 4.74. The van der Waals surface area contributed by atoms with Gasteiger partial charge in [0.05, 0.1) is 5.54 Å². The van der Waals surface area contributed by atoms with E-state index in [4.69, 9.17) is 0 Å². The van der Waals surface area contributed by atoms with Gasteiger partial charge in [0.1, 0.15) is 0 Å². The van der Waals surface area contributed by atoms with Crippen molar-refractivity contribution in [3.63, 3.8) is 0 Å². The molecule has 0 fully saturated rings. The summed E-state index contributed by atoms with van der Waals surface area (Å²) in [5.74, 6) is 0. The van der Waals surface area contributed by atoms with Crippen molar-refractivity contribution >= 4 is 12.4 Å². The van der Waals surface area contributed by atoms with E-state index in [0.717, 1.165) is 0 Å². The summed E-state index contributed by atoms with van der Waals surface area (Å²) >= 11 is 0. The maximum Gasteiger partial charge on any atom is 1.00 e. The zero-order valence-electron chi connectivity index (χ0n) is 10.6. The van der Waals surface area contributed by atoms with Crippen molar-refractivity contribution in [2.24, 2.45) is 0 Å². The molecule has 0 atom stereocenters. The van der Waals surface area contributed by atoms with Crippen LogP contribution in [0.4, 0.5) is 12.9 Å². The Kier molecular flexibility index (Phi) is 5.36. The van der Waals surface area contributed by atoms with Gasteiger partial charge in [-0.3, -0.25) is 4.68 Å². The minimum absolute atomic E-state index is 0. The zero-order valence-corrected chi connectivity index (χ0v) is 13.7. The monoisotopic (exact) mass is 258 g/mol. The summed E-state index contributed by atoms with van der Waals surface area (Å²) in [6.45, 7) is 3.40. The maximum atomic E-state index is 12.7. The quantitative estimate of drug-likeness (QED) is 0.610. The third-order valence-corrected chi connectivity index (χ3v) is 2.31. The minimum Gasteiger partial charge on any atom is -0.445 e. The molecule has 0 aromatic carbocycles. The molecule has 2 nitrogen and oxygen atoms in total. The van der Waals surface area contributed by atoms with E-state index < -0.39 is 18.0 Å². The van der Waals surface area contributed by atoms with Crippen molar-refractivity contribution < 1.29 is 64.3 Å². The molecular formula is C9H15BF3KN2. The van der Waals surface area contributed by atoms with Crippen LogP contribution in [0, 0.1) is 13.8 Å². The Morgan fingerprint density at radius 2 is 1.56 bits per heavy atom. The van der Waals surface area contributed by atoms with Crippen molar-refractivity contribution in [2.75, 3.05) is 0 Å². The van der Waals surface area contributed by atoms with Crippen molar-refractivity contribution in [1.29, 1.82) is 0 Å². The third-order valence-electron chi connectivity index (χ3n) is 2.31. The number of hydrogen-bond donors (Lipinski definition) is 0. The first-order chi connectivity index (χ1) is 6.55. The van der Waals surface area contributed by atoms with E-state index in [9.17, 15) is 12.9 Å². The van der Waals surface area contributed by atoms with Crippen LogP contribution >= 0.6 is 0 Å². The van der Waals surface area contributed by atoms with Gasteiger partial charge in [-0.2, -0.15) is 5.10 Å². The molecule has 0 aliphatic heterocycles. The molecule has 1 aromatic heterocycles. The van der Waals surface area contributed by atoms with Crippen LogP contribution in [-0.2, 0) is 5.54 Å². The summed E-state index contributed by atoms with van der Waals surface area (Å²) in [5.41, 5.74) is -0.707. The summed E-state index contributed by atoms with van der Waals surface area (Å²) < 4.78 is 39.6. The van der Waals surface area contributed by atoms with Gasteiger partial charge in [0.2, 0.25) is 0 Å².